The molecule has 0 spiro atoms. The van der Waals surface area contributed by atoms with Crippen molar-refractivity contribution >= 4 is 17.7 Å². The van der Waals surface area contributed by atoms with Gasteiger partial charge in [0.15, 0.2) is 5.78 Å². The second-order valence-electron chi connectivity index (χ2n) is 7.80. The molecule has 0 N–H and O–H groups in total. The summed E-state index contributed by atoms with van der Waals surface area (Å²) in [5, 5.41) is 0. The topological polar surface area (TPSA) is 68.6 Å². The zero-order valence-corrected chi connectivity index (χ0v) is 19.1. The Hall–Kier alpha value is -2.96. The zero-order chi connectivity index (χ0) is 23.3. The number of benzene rings is 1. The summed E-state index contributed by atoms with van der Waals surface area (Å²) >= 11 is 0. The summed E-state index contributed by atoms with van der Waals surface area (Å²) < 4.78 is 20.2. The number of esters is 1. The molecule has 2 aromatic rings. The Bertz CT molecular complexity index is 961. The van der Waals surface area contributed by atoms with E-state index in [-0.39, 0.29) is 43.1 Å². The lowest BCUT2D eigenvalue weighted by molar-refractivity contribution is -0.134. The summed E-state index contributed by atoms with van der Waals surface area (Å²) in [6.45, 7) is 11.5. The lowest BCUT2D eigenvalue weighted by Gasteiger charge is -2.24. The molecule has 0 aliphatic heterocycles. The minimum absolute atomic E-state index is 0.133. The number of ketones is 1. The molecule has 0 fully saturated rings. The van der Waals surface area contributed by atoms with Gasteiger partial charge in [-0.2, -0.15) is 0 Å². The highest BCUT2D eigenvalue weighted by molar-refractivity contribution is 6.04. The van der Waals surface area contributed by atoms with Gasteiger partial charge in [-0.1, -0.05) is 26.0 Å². The zero-order valence-electron chi connectivity index (χ0n) is 19.1. The van der Waals surface area contributed by atoms with Crippen molar-refractivity contribution in [1.29, 1.82) is 0 Å². The van der Waals surface area contributed by atoms with Gasteiger partial charge in [-0.15, -0.1) is 0 Å². The van der Waals surface area contributed by atoms with E-state index in [0.717, 1.165) is 5.56 Å². The highest BCUT2D eigenvalue weighted by Crippen LogP contribution is 2.24. The molecule has 31 heavy (non-hydrogen) atoms. The first-order chi connectivity index (χ1) is 14.6. The van der Waals surface area contributed by atoms with Crippen molar-refractivity contribution in [1.82, 2.24) is 9.47 Å². The molecule has 0 atom stereocenters. The number of carbonyl (C=O) groups is 3. The molecule has 0 saturated heterocycles. The first-order valence-electron chi connectivity index (χ1n) is 10.5. The fourth-order valence-electron chi connectivity index (χ4n) is 3.80. The number of aromatic nitrogens is 1. The average Bonchev–Trinajstić information content (AvgIpc) is 2.98. The van der Waals surface area contributed by atoms with Crippen LogP contribution in [0.25, 0.3) is 0 Å². The minimum atomic E-state index is -0.467. The van der Waals surface area contributed by atoms with Crippen molar-refractivity contribution in [2.24, 2.45) is 5.92 Å². The molecule has 0 unspecified atom stereocenters. The maximum absolute atomic E-state index is 13.3. The lowest BCUT2D eigenvalue weighted by Crippen LogP contribution is -2.38. The van der Waals surface area contributed by atoms with Crippen LogP contribution in [0.2, 0.25) is 0 Å². The fraction of sp³-hybridized carbons (Fsp3) is 0.458. The van der Waals surface area contributed by atoms with Crippen LogP contribution < -0.4 is 0 Å². The molecule has 0 radical (unpaired) electrons. The maximum Gasteiger partial charge on any atom is 0.355 e. The van der Waals surface area contributed by atoms with E-state index < -0.39 is 5.97 Å². The van der Waals surface area contributed by atoms with Crippen molar-refractivity contribution in [3.8, 4) is 0 Å². The fourth-order valence-corrected chi connectivity index (χ4v) is 3.80. The molecule has 1 aromatic heterocycles. The summed E-state index contributed by atoms with van der Waals surface area (Å²) in [6.07, 6.45) is 0. The summed E-state index contributed by atoms with van der Waals surface area (Å²) in [5.41, 5.74) is 2.76. The lowest BCUT2D eigenvalue weighted by atomic mass is 10.0. The second-order valence-corrected chi connectivity index (χ2v) is 7.80. The molecule has 0 aliphatic carbocycles. The van der Waals surface area contributed by atoms with Crippen LogP contribution in [0.5, 0.6) is 0 Å². The number of Topliss-reactive ketones (excluding diaryl/α,β-unsaturated/α-hetero) is 1. The third kappa shape index (κ3) is 5.40. The monoisotopic (exact) mass is 430 g/mol. The first kappa shape index (κ1) is 24.3. The molecule has 1 amide bonds. The van der Waals surface area contributed by atoms with E-state index in [1.807, 2.05) is 6.92 Å². The van der Waals surface area contributed by atoms with Gasteiger partial charge >= 0.3 is 5.97 Å². The highest BCUT2D eigenvalue weighted by Gasteiger charge is 2.29. The third-order valence-corrected chi connectivity index (χ3v) is 5.26. The second kappa shape index (κ2) is 10.4. The predicted molar refractivity (Wildman–Crippen MR) is 117 cm³/mol. The highest BCUT2D eigenvalue weighted by atomic mass is 19.1. The molecular formula is C24H31FN2O4. The SMILES string of the molecule is CCOC(=O)c1c(C)c(C(=O)CN(Cc2ccc(F)cc2)C(=O)C(C)C)c(C)n1CC. The summed E-state index contributed by atoms with van der Waals surface area (Å²) in [7, 11) is 0. The van der Waals surface area contributed by atoms with Gasteiger partial charge in [0.1, 0.15) is 11.5 Å². The first-order valence-corrected chi connectivity index (χ1v) is 10.5. The van der Waals surface area contributed by atoms with Crippen LogP contribution in [-0.2, 0) is 22.6 Å². The molecule has 0 bridgehead atoms. The molecule has 168 valence electrons. The number of carbonyl (C=O) groups excluding carboxylic acids is 3. The predicted octanol–water partition coefficient (Wildman–Crippen LogP) is 4.31. The van der Waals surface area contributed by atoms with Crippen LogP contribution in [0.4, 0.5) is 4.39 Å². The molecule has 0 aliphatic rings. The number of rotatable bonds is 9. The maximum atomic E-state index is 13.3. The Labute approximate surface area is 183 Å². The largest absolute Gasteiger partial charge is 0.461 e. The number of nitrogens with zero attached hydrogens (tertiary/aromatic N) is 2. The van der Waals surface area contributed by atoms with Gasteiger partial charge in [0.25, 0.3) is 0 Å². The number of ether oxygens (including phenoxy) is 1. The van der Waals surface area contributed by atoms with E-state index in [2.05, 4.69) is 0 Å². The number of hydrogen-bond donors (Lipinski definition) is 0. The molecule has 6 nitrogen and oxygen atoms in total. The van der Waals surface area contributed by atoms with Crippen LogP contribution in [0, 0.1) is 25.6 Å². The van der Waals surface area contributed by atoms with Gasteiger partial charge in [-0.05, 0) is 51.0 Å². The van der Waals surface area contributed by atoms with E-state index in [1.165, 1.54) is 17.0 Å². The molecule has 0 saturated carbocycles. The third-order valence-electron chi connectivity index (χ3n) is 5.26. The van der Waals surface area contributed by atoms with Crippen LogP contribution in [-0.4, -0.2) is 40.3 Å². The molecule has 1 heterocycles. The normalized spacial score (nSPS) is 11.0. The average molecular weight is 431 g/mol. The Morgan fingerprint density at radius 2 is 1.71 bits per heavy atom. The van der Waals surface area contributed by atoms with Gasteiger partial charge in [-0.3, -0.25) is 9.59 Å². The Balaban J connectivity index is 2.39. The number of hydrogen-bond acceptors (Lipinski definition) is 4. The summed E-state index contributed by atoms with van der Waals surface area (Å²) in [4.78, 5) is 40.1. The number of halogens is 1. The standard InChI is InChI=1S/C24H31FN2O4/c1-7-27-17(6)21(16(5)22(27)24(30)31-8-2)20(28)14-26(23(29)15(3)4)13-18-9-11-19(25)12-10-18/h9-12,15H,7-8,13-14H2,1-6H3. The van der Waals surface area contributed by atoms with Crippen molar-refractivity contribution in [2.45, 2.75) is 54.6 Å². The Morgan fingerprint density at radius 1 is 1.10 bits per heavy atom. The van der Waals surface area contributed by atoms with Crippen LogP contribution >= 0.6 is 0 Å². The minimum Gasteiger partial charge on any atom is -0.461 e. The van der Waals surface area contributed by atoms with E-state index in [1.54, 1.807) is 51.3 Å². The van der Waals surface area contributed by atoms with Crippen molar-refractivity contribution < 1.29 is 23.5 Å². The van der Waals surface area contributed by atoms with Gasteiger partial charge < -0.3 is 14.2 Å². The van der Waals surface area contributed by atoms with Crippen LogP contribution in [0.3, 0.4) is 0 Å². The smallest absolute Gasteiger partial charge is 0.355 e. The molecule has 2 rings (SSSR count). The van der Waals surface area contributed by atoms with Gasteiger partial charge in [0, 0.05) is 30.3 Å². The van der Waals surface area contributed by atoms with Crippen LogP contribution in [0.1, 0.15) is 65.4 Å². The molecular weight excluding hydrogens is 399 g/mol. The quantitative estimate of drug-likeness (QED) is 0.439. The number of amides is 1. The van der Waals surface area contributed by atoms with E-state index in [4.69, 9.17) is 4.74 Å². The van der Waals surface area contributed by atoms with Gasteiger partial charge in [0.05, 0.1) is 13.2 Å². The summed E-state index contributed by atoms with van der Waals surface area (Å²) in [5.74, 6) is -1.55. The Kier molecular flexibility index (Phi) is 8.14. The van der Waals surface area contributed by atoms with Crippen molar-refractivity contribution in [3.63, 3.8) is 0 Å². The summed E-state index contributed by atoms with van der Waals surface area (Å²) in [6, 6.07) is 5.86. The molecule has 1 aromatic carbocycles. The van der Waals surface area contributed by atoms with Crippen molar-refractivity contribution in [2.75, 3.05) is 13.2 Å². The molecule has 7 heteroatoms. The van der Waals surface area contributed by atoms with E-state index in [9.17, 15) is 18.8 Å². The van der Waals surface area contributed by atoms with Crippen LogP contribution in [0.15, 0.2) is 24.3 Å². The van der Waals surface area contributed by atoms with E-state index >= 15 is 0 Å². The van der Waals surface area contributed by atoms with E-state index in [0.29, 0.717) is 29.1 Å². The van der Waals surface area contributed by atoms with Gasteiger partial charge in [0.2, 0.25) is 5.91 Å². The Morgan fingerprint density at radius 3 is 2.23 bits per heavy atom. The van der Waals surface area contributed by atoms with Crippen molar-refractivity contribution in [3.05, 3.63) is 58.2 Å². The van der Waals surface area contributed by atoms with Gasteiger partial charge in [-0.25, -0.2) is 9.18 Å².